The first-order chi connectivity index (χ1) is 14.5. The summed E-state index contributed by atoms with van der Waals surface area (Å²) >= 11 is 0. The Balaban J connectivity index is 1.69. The standard InChI is InChI=1S/C22H21N5O3/c1-13-25-19(11-20(28)26-13)18(9-15-12-24-17-6-4-3-5-16(15)17)27-22(29)14-7-8-23-21(10-14)30-2/h3-8,10-12,18,24H,9H2,1-2H3,(H,27,29)(H,25,26,28)/t18-/m0/s1. The van der Waals surface area contributed by atoms with Gasteiger partial charge in [-0.3, -0.25) is 9.59 Å². The molecule has 0 unspecified atom stereocenters. The third kappa shape index (κ3) is 4.07. The fraction of sp³-hybridized carbons (Fsp3) is 0.182. The Labute approximate surface area is 172 Å². The van der Waals surface area contributed by atoms with Crippen LogP contribution in [0.25, 0.3) is 10.9 Å². The molecule has 0 aliphatic rings. The molecule has 8 heteroatoms. The van der Waals surface area contributed by atoms with Gasteiger partial charge in [-0.1, -0.05) is 18.2 Å². The molecule has 1 aromatic carbocycles. The van der Waals surface area contributed by atoms with Crippen molar-refractivity contribution in [3.8, 4) is 5.88 Å². The van der Waals surface area contributed by atoms with E-state index in [0.717, 1.165) is 16.5 Å². The SMILES string of the molecule is COc1cc(C(=O)N[C@@H](Cc2c[nH]c3ccccc23)c2cc(=O)[nH]c(C)n2)ccn1. The Kier molecular flexibility index (Phi) is 5.30. The van der Waals surface area contributed by atoms with Crippen LogP contribution in [-0.2, 0) is 6.42 Å². The van der Waals surface area contributed by atoms with E-state index in [4.69, 9.17) is 4.74 Å². The van der Waals surface area contributed by atoms with Crippen molar-refractivity contribution in [2.45, 2.75) is 19.4 Å². The van der Waals surface area contributed by atoms with Crippen LogP contribution in [0.15, 0.2) is 59.7 Å². The molecular weight excluding hydrogens is 382 g/mol. The summed E-state index contributed by atoms with van der Waals surface area (Å²) in [4.78, 5) is 39.3. The van der Waals surface area contributed by atoms with E-state index in [9.17, 15) is 9.59 Å². The van der Waals surface area contributed by atoms with Crippen LogP contribution < -0.4 is 15.6 Å². The van der Waals surface area contributed by atoms with Gasteiger partial charge >= 0.3 is 0 Å². The first-order valence-corrected chi connectivity index (χ1v) is 9.47. The van der Waals surface area contributed by atoms with Gasteiger partial charge in [-0.2, -0.15) is 0 Å². The van der Waals surface area contributed by atoms with Gasteiger partial charge in [0.1, 0.15) is 5.82 Å². The van der Waals surface area contributed by atoms with Crippen LogP contribution in [0.3, 0.4) is 0 Å². The van der Waals surface area contributed by atoms with E-state index in [1.54, 1.807) is 19.1 Å². The largest absolute Gasteiger partial charge is 0.481 e. The van der Waals surface area contributed by atoms with Crippen molar-refractivity contribution < 1.29 is 9.53 Å². The molecule has 1 atom stereocenters. The number of hydrogen-bond donors (Lipinski definition) is 3. The Bertz CT molecular complexity index is 1260. The van der Waals surface area contributed by atoms with Crippen molar-refractivity contribution in [3.63, 3.8) is 0 Å². The minimum Gasteiger partial charge on any atom is -0.481 e. The highest BCUT2D eigenvalue weighted by Gasteiger charge is 2.21. The lowest BCUT2D eigenvalue weighted by Crippen LogP contribution is -2.31. The van der Waals surface area contributed by atoms with Gasteiger partial charge in [0.25, 0.3) is 11.5 Å². The highest BCUT2D eigenvalue weighted by atomic mass is 16.5. The zero-order valence-corrected chi connectivity index (χ0v) is 16.6. The Morgan fingerprint density at radius 2 is 2.07 bits per heavy atom. The second-order valence-corrected chi connectivity index (χ2v) is 6.93. The number of aryl methyl sites for hydroxylation is 1. The van der Waals surface area contributed by atoms with Crippen LogP contribution in [0, 0.1) is 6.92 Å². The molecule has 0 spiro atoms. The predicted molar refractivity (Wildman–Crippen MR) is 113 cm³/mol. The number of carbonyl (C=O) groups excluding carboxylic acids is 1. The highest BCUT2D eigenvalue weighted by Crippen LogP contribution is 2.24. The summed E-state index contributed by atoms with van der Waals surface area (Å²) in [6.07, 6.45) is 3.89. The maximum atomic E-state index is 12.9. The van der Waals surface area contributed by atoms with Crippen molar-refractivity contribution >= 4 is 16.8 Å². The number of benzene rings is 1. The number of hydrogen-bond acceptors (Lipinski definition) is 5. The summed E-state index contributed by atoms with van der Waals surface area (Å²) in [5.41, 5.74) is 2.67. The van der Waals surface area contributed by atoms with Crippen molar-refractivity contribution in [2.75, 3.05) is 7.11 Å². The molecule has 8 nitrogen and oxygen atoms in total. The summed E-state index contributed by atoms with van der Waals surface area (Å²) in [5, 5.41) is 4.07. The molecule has 0 aliphatic heterocycles. The van der Waals surface area contributed by atoms with Gasteiger partial charge in [0.15, 0.2) is 0 Å². The fourth-order valence-corrected chi connectivity index (χ4v) is 3.43. The minimum atomic E-state index is -0.503. The fourth-order valence-electron chi connectivity index (χ4n) is 3.43. The molecule has 0 bridgehead atoms. The molecule has 0 saturated carbocycles. The number of rotatable bonds is 6. The van der Waals surface area contributed by atoms with Gasteiger partial charge in [-0.25, -0.2) is 9.97 Å². The number of pyridine rings is 1. The van der Waals surface area contributed by atoms with Gasteiger partial charge in [-0.05, 0) is 24.6 Å². The van der Waals surface area contributed by atoms with Gasteiger partial charge in [0.2, 0.25) is 5.88 Å². The first-order valence-electron chi connectivity index (χ1n) is 9.47. The van der Waals surface area contributed by atoms with Gasteiger partial charge in [0.05, 0.1) is 18.8 Å². The van der Waals surface area contributed by atoms with Crippen molar-refractivity contribution in [3.05, 3.63) is 87.9 Å². The second-order valence-electron chi connectivity index (χ2n) is 6.93. The normalized spacial score (nSPS) is 11.9. The Hall–Kier alpha value is -3.94. The van der Waals surface area contributed by atoms with E-state index in [1.165, 1.54) is 19.4 Å². The highest BCUT2D eigenvalue weighted by molar-refractivity contribution is 5.94. The number of nitrogens with one attached hydrogen (secondary N) is 3. The summed E-state index contributed by atoms with van der Waals surface area (Å²) < 4.78 is 5.11. The smallest absolute Gasteiger partial charge is 0.252 e. The number of para-hydroxylation sites is 1. The third-order valence-corrected chi connectivity index (χ3v) is 4.85. The van der Waals surface area contributed by atoms with E-state index in [2.05, 4.69) is 25.3 Å². The second kappa shape index (κ2) is 8.20. The van der Waals surface area contributed by atoms with Crippen LogP contribution in [0.5, 0.6) is 5.88 Å². The minimum absolute atomic E-state index is 0.263. The molecule has 3 heterocycles. The molecule has 4 aromatic rings. The number of aromatic nitrogens is 4. The van der Waals surface area contributed by atoms with Gasteiger partial charge in [-0.15, -0.1) is 0 Å². The zero-order chi connectivity index (χ0) is 21.1. The molecule has 0 fully saturated rings. The van der Waals surface area contributed by atoms with E-state index in [-0.39, 0.29) is 11.5 Å². The van der Waals surface area contributed by atoms with E-state index < -0.39 is 6.04 Å². The maximum absolute atomic E-state index is 12.9. The summed E-state index contributed by atoms with van der Waals surface area (Å²) in [5.74, 6) is 0.530. The molecule has 30 heavy (non-hydrogen) atoms. The number of fused-ring (bicyclic) bond motifs is 1. The van der Waals surface area contributed by atoms with E-state index in [0.29, 0.717) is 29.4 Å². The van der Waals surface area contributed by atoms with Crippen molar-refractivity contribution in [2.24, 2.45) is 0 Å². The number of H-pyrrole nitrogens is 2. The molecule has 4 rings (SSSR count). The number of amides is 1. The average Bonchev–Trinajstić information content (AvgIpc) is 3.15. The number of methoxy groups -OCH3 is 1. The van der Waals surface area contributed by atoms with Gasteiger partial charge < -0.3 is 20.0 Å². The van der Waals surface area contributed by atoms with Crippen LogP contribution in [0.2, 0.25) is 0 Å². The summed E-state index contributed by atoms with van der Waals surface area (Å²) in [6, 6.07) is 12.0. The molecule has 0 saturated heterocycles. The topological polar surface area (TPSA) is 113 Å². The molecule has 1 amide bonds. The van der Waals surface area contributed by atoms with E-state index in [1.807, 2.05) is 30.5 Å². The lowest BCUT2D eigenvalue weighted by Gasteiger charge is -2.19. The third-order valence-electron chi connectivity index (χ3n) is 4.85. The number of ether oxygens (including phenoxy) is 1. The quantitative estimate of drug-likeness (QED) is 0.458. The molecule has 0 radical (unpaired) electrons. The van der Waals surface area contributed by atoms with E-state index >= 15 is 0 Å². The Morgan fingerprint density at radius 3 is 2.87 bits per heavy atom. The van der Waals surface area contributed by atoms with Crippen LogP contribution in [0.1, 0.15) is 33.5 Å². The number of nitrogens with zero attached hydrogens (tertiary/aromatic N) is 2. The number of aromatic amines is 2. The first kappa shape index (κ1) is 19.4. The zero-order valence-electron chi connectivity index (χ0n) is 16.6. The number of carbonyl (C=O) groups is 1. The van der Waals surface area contributed by atoms with Gasteiger partial charge in [0, 0.05) is 47.4 Å². The lowest BCUT2D eigenvalue weighted by atomic mass is 10.0. The summed E-state index contributed by atoms with van der Waals surface area (Å²) in [6.45, 7) is 1.71. The van der Waals surface area contributed by atoms with Crippen LogP contribution in [0.4, 0.5) is 0 Å². The Morgan fingerprint density at radius 1 is 1.23 bits per heavy atom. The molecular formula is C22H21N5O3. The maximum Gasteiger partial charge on any atom is 0.252 e. The average molecular weight is 403 g/mol. The van der Waals surface area contributed by atoms with Crippen LogP contribution in [-0.4, -0.2) is 33.0 Å². The lowest BCUT2D eigenvalue weighted by molar-refractivity contribution is 0.0935. The predicted octanol–water partition coefficient (Wildman–Crippen LogP) is 2.68. The summed E-state index contributed by atoms with van der Waals surface area (Å²) in [7, 11) is 1.49. The molecule has 3 N–H and O–H groups in total. The molecule has 3 aromatic heterocycles. The monoisotopic (exact) mass is 403 g/mol. The van der Waals surface area contributed by atoms with Crippen molar-refractivity contribution in [1.82, 2.24) is 25.3 Å². The molecule has 152 valence electrons. The molecule has 0 aliphatic carbocycles. The van der Waals surface area contributed by atoms with Crippen LogP contribution >= 0.6 is 0 Å². The van der Waals surface area contributed by atoms with Crippen molar-refractivity contribution in [1.29, 1.82) is 0 Å².